The molecule has 2 amide bonds. The Kier molecular flexibility index (Phi) is 4.66. The van der Waals surface area contributed by atoms with Gasteiger partial charge in [-0.2, -0.15) is 5.10 Å². The van der Waals surface area contributed by atoms with E-state index < -0.39 is 0 Å². The molecule has 1 aliphatic heterocycles. The highest BCUT2D eigenvalue weighted by Gasteiger charge is 2.24. The zero-order valence-corrected chi connectivity index (χ0v) is 15.2. The van der Waals surface area contributed by atoms with Crippen LogP contribution >= 0.6 is 0 Å². The van der Waals surface area contributed by atoms with E-state index in [1.54, 1.807) is 19.3 Å². The number of hydrogen-bond donors (Lipinski definition) is 1. The Balaban J connectivity index is 1.36. The van der Waals surface area contributed by atoms with Crippen molar-refractivity contribution in [2.24, 2.45) is 5.10 Å². The molecule has 1 aliphatic carbocycles. The zero-order chi connectivity index (χ0) is 18.8. The van der Waals surface area contributed by atoms with Crippen molar-refractivity contribution in [2.75, 3.05) is 12.4 Å². The van der Waals surface area contributed by atoms with Crippen LogP contribution < -0.4 is 5.32 Å². The van der Waals surface area contributed by atoms with Gasteiger partial charge < -0.3 is 5.32 Å². The number of carbonyl (C=O) groups is 2. The topological polar surface area (TPSA) is 87.6 Å². The van der Waals surface area contributed by atoms with Crippen molar-refractivity contribution in [3.05, 3.63) is 53.5 Å². The van der Waals surface area contributed by atoms with E-state index in [1.807, 2.05) is 12.3 Å². The van der Waals surface area contributed by atoms with Crippen LogP contribution in [-0.4, -0.2) is 39.6 Å². The number of rotatable bonds is 5. The van der Waals surface area contributed by atoms with Gasteiger partial charge in [-0.05, 0) is 36.1 Å². The average molecular weight is 363 g/mol. The Morgan fingerprint density at radius 2 is 1.85 bits per heavy atom. The van der Waals surface area contributed by atoms with Crippen LogP contribution in [0.4, 0.5) is 5.82 Å². The number of amides is 2. The summed E-state index contributed by atoms with van der Waals surface area (Å²) in [4.78, 5) is 32.5. The van der Waals surface area contributed by atoms with Crippen LogP contribution in [-0.2, 0) is 16.0 Å². The van der Waals surface area contributed by atoms with Crippen molar-refractivity contribution < 1.29 is 9.59 Å². The molecular formula is C20H21N5O2. The summed E-state index contributed by atoms with van der Waals surface area (Å²) in [6.07, 6.45) is 7.58. The van der Waals surface area contributed by atoms with Gasteiger partial charge in [0.1, 0.15) is 11.5 Å². The Hall–Kier alpha value is -3.09. The molecular weight excluding hydrogens is 342 g/mol. The molecule has 0 radical (unpaired) electrons. The van der Waals surface area contributed by atoms with Gasteiger partial charge in [-0.15, -0.1) is 0 Å². The number of aromatic nitrogens is 2. The lowest BCUT2D eigenvalue weighted by atomic mass is 10.1. The van der Waals surface area contributed by atoms with Crippen LogP contribution in [0.2, 0.25) is 0 Å². The molecule has 1 N–H and O–H groups in total. The zero-order valence-electron chi connectivity index (χ0n) is 15.2. The molecule has 3 heterocycles. The Bertz CT molecular complexity index is 886. The van der Waals surface area contributed by atoms with E-state index in [1.165, 1.54) is 23.5 Å². The first kappa shape index (κ1) is 17.3. The van der Waals surface area contributed by atoms with E-state index in [9.17, 15) is 9.59 Å². The van der Waals surface area contributed by atoms with E-state index in [-0.39, 0.29) is 11.8 Å². The average Bonchev–Trinajstić information content (AvgIpc) is 3.51. The molecule has 4 rings (SSSR count). The number of nitrogens with one attached hydrogen (secondary N) is 1. The lowest BCUT2D eigenvalue weighted by Crippen LogP contribution is -2.34. The van der Waals surface area contributed by atoms with Gasteiger partial charge in [0.15, 0.2) is 0 Å². The Labute approximate surface area is 157 Å². The van der Waals surface area contributed by atoms with Crippen LogP contribution in [0.3, 0.4) is 0 Å². The highest BCUT2D eigenvalue weighted by Crippen LogP contribution is 2.38. The number of nitrogens with zero attached hydrogens (tertiary/aromatic N) is 4. The third kappa shape index (κ3) is 4.19. The van der Waals surface area contributed by atoms with E-state index >= 15 is 0 Å². The number of hydrazone groups is 1. The molecule has 27 heavy (non-hydrogen) atoms. The minimum Gasteiger partial charge on any atom is -0.305 e. The van der Waals surface area contributed by atoms with E-state index in [2.05, 4.69) is 32.5 Å². The van der Waals surface area contributed by atoms with Crippen LogP contribution in [0, 0.1) is 0 Å². The molecule has 1 fully saturated rings. The summed E-state index contributed by atoms with van der Waals surface area (Å²) in [6.45, 7) is 0. The maximum atomic E-state index is 12.3. The molecule has 0 aromatic carbocycles. The second-order valence-corrected chi connectivity index (χ2v) is 7.01. The summed E-state index contributed by atoms with van der Waals surface area (Å²) in [5.41, 5.74) is 3.72. The lowest BCUT2D eigenvalue weighted by Gasteiger charge is -2.18. The number of carbonyl (C=O) groups excluding carboxylic acids is 2. The fourth-order valence-electron chi connectivity index (χ4n) is 3.02. The second-order valence-electron chi connectivity index (χ2n) is 7.01. The molecule has 0 saturated heterocycles. The van der Waals surface area contributed by atoms with Crippen LogP contribution in [0.15, 0.2) is 41.8 Å². The van der Waals surface area contributed by atoms with Crippen molar-refractivity contribution in [1.29, 1.82) is 0 Å². The minimum absolute atomic E-state index is 0.0892. The second kappa shape index (κ2) is 7.26. The molecule has 138 valence electrons. The Morgan fingerprint density at radius 1 is 1.11 bits per heavy atom. The quantitative estimate of drug-likeness (QED) is 0.884. The van der Waals surface area contributed by atoms with Gasteiger partial charge in [0.2, 0.25) is 5.91 Å². The summed E-state index contributed by atoms with van der Waals surface area (Å²) >= 11 is 0. The SMILES string of the molecule is CN1N=C(C(=O)Nc2ccc(Cc3ccc(C4CC4)nc3)cn2)CCC1=O. The van der Waals surface area contributed by atoms with Gasteiger partial charge in [-0.1, -0.05) is 12.1 Å². The van der Waals surface area contributed by atoms with Crippen molar-refractivity contribution in [2.45, 2.75) is 38.0 Å². The van der Waals surface area contributed by atoms with E-state index in [4.69, 9.17) is 0 Å². The largest absolute Gasteiger partial charge is 0.305 e. The minimum atomic E-state index is -0.325. The van der Waals surface area contributed by atoms with Crippen LogP contribution in [0.25, 0.3) is 0 Å². The first-order valence-corrected chi connectivity index (χ1v) is 9.13. The lowest BCUT2D eigenvalue weighted by molar-refractivity contribution is -0.130. The van der Waals surface area contributed by atoms with Crippen molar-refractivity contribution >= 4 is 23.3 Å². The highest BCUT2D eigenvalue weighted by molar-refractivity contribution is 6.43. The predicted molar refractivity (Wildman–Crippen MR) is 101 cm³/mol. The fourth-order valence-corrected chi connectivity index (χ4v) is 3.02. The molecule has 0 atom stereocenters. The van der Waals surface area contributed by atoms with Gasteiger partial charge >= 0.3 is 0 Å². The molecule has 0 spiro atoms. The normalized spacial score (nSPS) is 16.9. The van der Waals surface area contributed by atoms with Gasteiger partial charge in [-0.25, -0.2) is 9.99 Å². The van der Waals surface area contributed by atoms with E-state index in [0.29, 0.717) is 30.3 Å². The summed E-state index contributed by atoms with van der Waals surface area (Å²) in [5.74, 6) is 0.714. The third-order valence-electron chi connectivity index (χ3n) is 4.79. The van der Waals surface area contributed by atoms with Crippen molar-refractivity contribution in [3.63, 3.8) is 0 Å². The molecule has 1 saturated carbocycles. The number of anilines is 1. The van der Waals surface area contributed by atoms with Gasteiger partial charge in [-0.3, -0.25) is 14.6 Å². The van der Waals surface area contributed by atoms with Gasteiger partial charge in [0, 0.05) is 50.3 Å². The van der Waals surface area contributed by atoms with Crippen LogP contribution in [0.5, 0.6) is 0 Å². The predicted octanol–water partition coefficient (Wildman–Crippen LogP) is 2.49. The maximum Gasteiger partial charge on any atom is 0.273 e. The van der Waals surface area contributed by atoms with Crippen molar-refractivity contribution in [1.82, 2.24) is 15.0 Å². The summed E-state index contributed by atoms with van der Waals surface area (Å²) in [7, 11) is 1.55. The standard InChI is InChI=1S/C20H21N5O2/c1-25-19(26)9-7-17(24-25)20(27)23-18-8-3-14(12-22-18)10-13-2-6-16(21-11-13)15-4-5-15/h2-3,6,8,11-12,15H,4-5,7,9-10H2,1H3,(H,22,23,27). The summed E-state index contributed by atoms with van der Waals surface area (Å²) < 4.78 is 0. The highest BCUT2D eigenvalue weighted by atomic mass is 16.2. The third-order valence-corrected chi connectivity index (χ3v) is 4.79. The Morgan fingerprint density at radius 3 is 2.44 bits per heavy atom. The maximum absolute atomic E-state index is 12.3. The smallest absolute Gasteiger partial charge is 0.273 e. The molecule has 2 aliphatic rings. The molecule has 0 unspecified atom stereocenters. The van der Waals surface area contributed by atoms with Crippen molar-refractivity contribution in [3.8, 4) is 0 Å². The number of pyridine rings is 2. The van der Waals surface area contributed by atoms with E-state index in [0.717, 1.165) is 17.5 Å². The molecule has 7 heteroatoms. The van der Waals surface area contributed by atoms with Gasteiger partial charge in [0.05, 0.1) is 0 Å². The first-order chi connectivity index (χ1) is 13.1. The molecule has 0 bridgehead atoms. The van der Waals surface area contributed by atoms with Crippen LogP contribution in [0.1, 0.15) is 48.4 Å². The van der Waals surface area contributed by atoms with Gasteiger partial charge in [0.25, 0.3) is 5.91 Å². The molecule has 7 nitrogen and oxygen atoms in total. The molecule has 2 aromatic heterocycles. The fraction of sp³-hybridized carbons (Fsp3) is 0.350. The summed E-state index contributed by atoms with van der Waals surface area (Å²) in [5, 5.41) is 7.95. The first-order valence-electron chi connectivity index (χ1n) is 9.13. The summed E-state index contributed by atoms with van der Waals surface area (Å²) in [6, 6.07) is 7.95. The number of hydrogen-bond acceptors (Lipinski definition) is 5. The monoisotopic (exact) mass is 363 g/mol. The molecule has 2 aromatic rings.